The molecule has 0 bridgehead atoms. The highest BCUT2D eigenvalue weighted by Gasteiger charge is 2.29. The van der Waals surface area contributed by atoms with Gasteiger partial charge < -0.3 is 4.74 Å². The Kier molecular flexibility index (Phi) is 5.53. The number of rotatable bonds is 3. The van der Waals surface area contributed by atoms with Gasteiger partial charge in [0.05, 0.1) is 11.0 Å². The molecule has 3 aromatic rings. The van der Waals surface area contributed by atoms with Crippen LogP contribution in [0.25, 0.3) is 5.52 Å². The number of halogens is 4. The molecule has 0 unspecified atom stereocenters. The van der Waals surface area contributed by atoms with E-state index in [1.807, 2.05) is 0 Å². The first-order valence-corrected chi connectivity index (χ1v) is 9.23. The maximum absolute atomic E-state index is 14.7. The molecule has 0 atom stereocenters. The molecule has 0 aliphatic heterocycles. The van der Waals surface area contributed by atoms with Crippen LogP contribution in [0.15, 0.2) is 29.0 Å². The van der Waals surface area contributed by atoms with Crippen molar-refractivity contribution in [3.8, 4) is 0 Å². The summed E-state index contributed by atoms with van der Waals surface area (Å²) in [6.45, 7) is 4.91. The average Bonchev–Trinajstić information content (AvgIpc) is 2.84. The second-order valence-electron chi connectivity index (χ2n) is 6.84. The molecule has 3 aromatic heterocycles. The normalized spacial score (nSPS) is 11.7. The van der Waals surface area contributed by atoms with E-state index in [1.54, 1.807) is 20.8 Å². The summed E-state index contributed by atoms with van der Waals surface area (Å²) in [7, 11) is 0. The highest BCUT2D eigenvalue weighted by atomic mass is 79.9. The third-order valence-electron chi connectivity index (χ3n) is 3.48. The van der Waals surface area contributed by atoms with E-state index >= 15 is 0 Å². The molecule has 148 valence electrons. The second-order valence-corrected chi connectivity index (χ2v) is 8.03. The molecule has 0 N–H and O–H groups in total. The van der Waals surface area contributed by atoms with Gasteiger partial charge in [-0.3, -0.25) is 4.90 Å². The van der Waals surface area contributed by atoms with Crippen LogP contribution in [0.1, 0.15) is 26.3 Å². The molecule has 0 saturated carbocycles. The van der Waals surface area contributed by atoms with Gasteiger partial charge in [0, 0.05) is 12.4 Å². The van der Waals surface area contributed by atoms with Crippen LogP contribution in [-0.4, -0.2) is 31.3 Å². The van der Waals surface area contributed by atoms with Gasteiger partial charge in [-0.05, 0) is 66.0 Å². The predicted octanol–water partition coefficient (Wildman–Crippen LogP) is 4.76. The van der Waals surface area contributed by atoms with Crippen molar-refractivity contribution >= 4 is 45.0 Å². The molecule has 28 heavy (non-hydrogen) atoms. The lowest BCUT2D eigenvalue weighted by Crippen LogP contribution is -2.37. The van der Waals surface area contributed by atoms with Crippen LogP contribution in [0.4, 0.5) is 19.4 Å². The van der Waals surface area contributed by atoms with Gasteiger partial charge >= 0.3 is 6.09 Å². The van der Waals surface area contributed by atoms with Gasteiger partial charge in [-0.15, -0.1) is 5.10 Å². The molecule has 0 saturated heterocycles. The fraction of sp³-hybridized carbons (Fsp3) is 0.294. The highest BCUT2D eigenvalue weighted by molar-refractivity contribution is 9.10. The van der Waals surface area contributed by atoms with E-state index in [4.69, 9.17) is 16.3 Å². The molecule has 0 spiro atoms. The van der Waals surface area contributed by atoms with Crippen molar-refractivity contribution in [3.05, 3.63) is 51.6 Å². The summed E-state index contributed by atoms with van der Waals surface area (Å²) in [5, 5.41) is 3.70. The summed E-state index contributed by atoms with van der Waals surface area (Å²) in [6, 6.07) is 2.67. The molecule has 1 amide bonds. The maximum atomic E-state index is 14.7. The van der Waals surface area contributed by atoms with E-state index < -0.39 is 23.5 Å². The number of amides is 1. The molecule has 3 heterocycles. The minimum Gasteiger partial charge on any atom is -0.443 e. The van der Waals surface area contributed by atoms with Gasteiger partial charge in [-0.2, -0.15) is 9.37 Å². The first-order chi connectivity index (χ1) is 13.0. The molecule has 0 aliphatic carbocycles. The largest absolute Gasteiger partial charge is 0.443 e. The Balaban J connectivity index is 2.16. The van der Waals surface area contributed by atoms with Crippen LogP contribution in [0, 0.1) is 11.8 Å². The second kappa shape index (κ2) is 7.59. The van der Waals surface area contributed by atoms with Crippen molar-refractivity contribution in [1.29, 1.82) is 0 Å². The third-order valence-corrected chi connectivity index (χ3v) is 4.20. The first-order valence-electron chi connectivity index (χ1n) is 8.06. The quantitative estimate of drug-likeness (QED) is 0.512. The van der Waals surface area contributed by atoms with Crippen molar-refractivity contribution < 1.29 is 18.3 Å². The zero-order chi connectivity index (χ0) is 20.6. The topological polar surface area (TPSA) is 72.6 Å². The Labute approximate surface area is 172 Å². The fourth-order valence-electron chi connectivity index (χ4n) is 2.43. The Morgan fingerprint density at radius 1 is 1.39 bits per heavy atom. The van der Waals surface area contributed by atoms with Gasteiger partial charge in [-0.25, -0.2) is 18.7 Å². The van der Waals surface area contributed by atoms with Crippen LogP contribution in [0.5, 0.6) is 0 Å². The van der Waals surface area contributed by atoms with Crippen LogP contribution in [0.3, 0.4) is 0 Å². The lowest BCUT2D eigenvalue weighted by molar-refractivity contribution is 0.0576. The average molecular weight is 475 g/mol. The van der Waals surface area contributed by atoms with Crippen molar-refractivity contribution in [2.24, 2.45) is 0 Å². The zero-order valence-electron chi connectivity index (χ0n) is 15.1. The molecule has 0 aromatic carbocycles. The number of anilines is 1. The van der Waals surface area contributed by atoms with E-state index in [0.29, 0.717) is 5.56 Å². The van der Waals surface area contributed by atoms with Crippen LogP contribution < -0.4 is 4.90 Å². The smallest absolute Gasteiger partial charge is 0.416 e. The van der Waals surface area contributed by atoms with Crippen LogP contribution in [-0.2, 0) is 11.3 Å². The number of ether oxygens (including phenoxy) is 1. The summed E-state index contributed by atoms with van der Waals surface area (Å²) in [4.78, 5) is 21.5. The first kappa shape index (κ1) is 20.4. The Bertz CT molecular complexity index is 1050. The van der Waals surface area contributed by atoms with Gasteiger partial charge in [0.2, 0.25) is 11.2 Å². The molecule has 11 heteroatoms. The zero-order valence-corrected chi connectivity index (χ0v) is 17.4. The third kappa shape index (κ3) is 4.39. The number of fused-ring (bicyclic) bond motifs is 1. The maximum Gasteiger partial charge on any atom is 0.416 e. The van der Waals surface area contributed by atoms with Gasteiger partial charge in [0.25, 0.3) is 0 Å². The van der Waals surface area contributed by atoms with E-state index in [9.17, 15) is 13.6 Å². The monoisotopic (exact) mass is 473 g/mol. The molecule has 0 radical (unpaired) electrons. The summed E-state index contributed by atoms with van der Waals surface area (Å²) in [6.07, 6.45) is 1.80. The molecule has 0 fully saturated rings. The number of pyridine rings is 1. The summed E-state index contributed by atoms with van der Waals surface area (Å²) >= 11 is 9.05. The van der Waals surface area contributed by atoms with Crippen molar-refractivity contribution in [2.45, 2.75) is 32.9 Å². The van der Waals surface area contributed by atoms with Gasteiger partial charge in [-0.1, -0.05) is 0 Å². The van der Waals surface area contributed by atoms with Crippen LogP contribution in [0.2, 0.25) is 5.28 Å². The molecular weight excluding hydrogens is 460 g/mol. The van der Waals surface area contributed by atoms with E-state index in [1.165, 1.54) is 18.5 Å². The molecular formula is C17H15BrClF2N5O2. The Hall–Kier alpha value is -2.33. The van der Waals surface area contributed by atoms with E-state index in [0.717, 1.165) is 15.5 Å². The standard InChI is InChI=1S/C17H15BrClF2N5O2/c1-17(2,3)28-16(27)25(7-9-4-5-22-11(20)6-9)14-13-12(21)10(18)8-26(13)24-15(19)23-14/h4-6,8H,7H2,1-3H3. The number of aromatic nitrogens is 4. The van der Waals surface area contributed by atoms with Crippen molar-refractivity contribution in [3.63, 3.8) is 0 Å². The lowest BCUT2D eigenvalue weighted by Gasteiger charge is -2.27. The highest BCUT2D eigenvalue weighted by Crippen LogP contribution is 2.31. The number of nitrogens with zero attached hydrogens (tertiary/aromatic N) is 5. The minimum absolute atomic E-state index is 0.0864. The summed E-state index contributed by atoms with van der Waals surface area (Å²) < 4.78 is 34.9. The number of carbonyl (C=O) groups excluding carboxylic acids is 1. The van der Waals surface area contributed by atoms with E-state index in [-0.39, 0.29) is 27.6 Å². The Morgan fingerprint density at radius 3 is 2.75 bits per heavy atom. The fourth-order valence-corrected chi connectivity index (χ4v) is 2.97. The van der Waals surface area contributed by atoms with Crippen molar-refractivity contribution in [1.82, 2.24) is 19.6 Å². The molecule has 3 rings (SSSR count). The number of hydrogen-bond acceptors (Lipinski definition) is 5. The lowest BCUT2D eigenvalue weighted by atomic mass is 10.2. The van der Waals surface area contributed by atoms with Crippen LogP contribution >= 0.6 is 27.5 Å². The van der Waals surface area contributed by atoms with Crippen molar-refractivity contribution in [2.75, 3.05) is 4.90 Å². The molecule has 7 nitrogen and oxygen atoms in total. The minimum atomic E-state index is -0.826. The summed E-state index contributed by atoms with van der Waals surface area (Å²) in [5.74, 6) is -1.51. The summed E-state index contributed by atoms with van der Waals surface area (Å²) in [5.41, 5.74) is -0.513. The number of carbonyl (C=O) groups is 1. The Morgan fingerprint density at radius 2 is 2.11 bits per heavy atom. The predicted molar refractivity (Wildman–Crippen MR) is 102 cm³/mol. The van der Waals surface area contributed by atoms with E-state index in [2.05, 4.69) is 31.0 Å². The van der Waals surface area contributed by atoms with Gasteiger partial charge in [0.1, 0.15) is 11.1 Å². The molecule has 0 aliphatic rings. The SMILES string of the molecule is CC(C)(C)OC(=O)N(Cc1ccnc(F)c1)c1nc(Cl)nn2cc(Br)c(F)c12. The number of hydrogen-bond donors (Lipinski definition) is 0. The van der Waals surface area contributed by atoms with Gasteiger partial charge in [0.15, 0.2) is 11.6 Å².